The first kappa shape index (κ1) is 17.6. The summed E-state index contributed by atoms with van der Waals surface area (Å²) in [7, 11) is 0. The molecule has 3 rings (SSSR count). The summed E-state index contributed by atoms with van der Waals surface area (Å²) in [4.78, 5) is 9.03. The van der Waals surface area contributed by atoms with E-state index in [0.29, 0.717) is 18.3 Å². The molecule has 0 fully saturated rings. The van der Waals surface area contributed by atoms with E-state index in [9.17, 15) is 0 Å². The highest BCUT2D eigenvalue weighted by atomic mass is 35.5. The van der Waals surface area contributed by atoms with Gasteiger partial charge in [-0.2, -0.15) is 4.98 Å². The molecule has 2 heterocycles. The first-order valence-electron chi connectivity index (χ1n) is 7.07. The van der Waals surface area contributed by atoms with Crippen LogP contribution in [0, 0.1) is 0 Å². The van der Waals surface area contributed by atoms with Crippen LogP contribution in [0.4, 0.5) is 0 Å². The van der Waals surface area contributed by atoms with Crippen molar-refractivity contribution in [1.82, 2.24) is 15.1 Å². The van der Waals surface area contributed by atoms with Crippen molar-refractivity contribution in [3.05, 3.63) is 40.2 Å². The van der Waals surface area contributed by atoms with Gasteiger partial charge in [-0.1, -0.05) is 50.2 Å². The first-order valence-corrected chi connectivity index (χ1v) is 7.95. The van der Waals surface area contributed by atoms with Crippen LogP contribution in [0.5, 0.6) is 0 Å². The smallest absolute Gasteiger partial charge is 0.277 e. The predicted octanol–water partition coefficient (Wildman–Crippen LogP) is 4.04. The molecule has 122 valence electrons. The minimum atomic E-state index is 0. The van der Waals surface area contributed by atoms with Crippen molar-refractivity contribution in [2.45, 2.75) is 32.7 Å². The highest BCUT2D eigenvalue weighted by molar-refractivity contribution is 7.10. The third-order valence-corrected chi connectivity index (χ3v) is 4.51. The average Bonchev–Trinajstić information content (AvgIpc) is 3.15. The van der Waals surface area contributed by atoms with E-state index in [2.05, 4.69) is 35.9 Å². The van der Waals surface area contributed by atoms with Crippen LogP contribution in [0.3, 0.4) is 0 Å². The molecule has 0 saturated carbocycles. The molecule has 0 bridgehead atoms. The molecule has 7 heteroatoms. The van der Waals surface area contributed by atoms with Crippen molar-refractivity contribution in [2.75, 3.05) is 0 Å². The molecule has 0 spiro atoms. The summed E-state index contributed by atoms with van der Waals surface area (Å²) < 4.78 is 5.35. The van der Waals surface area contributed by atoms with Gasteiger partial charge in [-0.15, -0.1) is 23.7 Å². The van der Waals surface area contributed by atoms with Gasteiger partial charge in [0.05, 0.1) is 5.01 Å². The van der Waals surface area contributed by atoms with Gasteiger partial charge < -0.3 is 10.3 Å². The zero-order valence-electron chi connectivity index (χ0n) is 13.2. The fraction of sp³-hybridized carbons (Fsp3) is 0.312. The van der Waals surface area contributed by atoms with Crippen LogP contribution in [0.15, 0.2) is 34.2 Å². The van der Waals surface area contributed by atoms with Crippen LogP contribution in [-0.4, -0.2) is 15.1 Å². The molecule has 0 aliphatic rings. The van der Waals surface area contributed by atoms with Gasteiger partial charge in [0.15, 0.2) is 0 Å². The summed E-state index contributed by atoms with van der Waals surface area (Å²) in [5, 5.41) is 7.04. The molecule has 0 unspecified atom stereocenters. The molecule has 0 aliphatic carbocycles. The maximum absolute atomic E-state index is 5.60. The topological polar surface area (TPSA) is 77.8 Å². The first-order chi connectivity index (χ1) is 10.5. The van der Waals surface area contributed by atoms with Gasteiger partial charge in [0.1, 0.15) is 5.69 Å². The lowest BCUT2D eigenvalue weighted by Crippen LogP contribution is -2.10. The molecule has 3 aromatic rings. The fourth-order valence-electron chi connectivity index (χ4n) is 1.95. The Kier molecular flexibility index (Phi) is 5.19. The summed E-state index contributed by atoms with van der Waals surface area (Å²) in [5.74, 6) is 1.01. The number of rotatable bonds is 3. The van der Waals surface area contributed by atoms with Crippen LogP contribution in [0.2, 0.25) is 0 Å². The number of hydrogen-bond acceptors (Lipinski definition) is 6. The Morgan fingerprint density at radius 1 is 1.13 bits per heavy atom. The second kappa shape index (κ2) is 6.78. The van der Waals surface area contributed by atoms with E-state index in [1.165, 1.54) is 0 Å². The van der Waals surface area contributed by atoms with Crippen LogP contribution < -0.4 is 5.73 Å². The lowest BCUT2D eigenvalue weighted by molar-refractivity contribution is 0.431. The maximum atomic E-state index is 5.60. The Labute approximate surface area is 145 Å². The van der Waals surface area contributed by atoms with Crippen LogP contribution in [0.1, 0.15) is 31.3 Å². The zero-order chi connectivity index (χ0) is 15.7. The molecule has 0 atom stereocenters. The Morgan fingerprint density at radius 3 is 2.39 bits per heavy atom. The second-order valence-corrected chi connectivity index (χ2v) is 6.97. The molecule has 2 aromatic heterocycles. The van der Waals surface area contributed by atoms with Gasteiger partial charge in [-0.25, -0.2) is 4.98 Å². The molecule has 1 aromatic carbocycles. The van der Waals surface area contributed by atoms with E-state index in [4.69, 9.17) is 10.3 Å². The summed E-state index contributed by atoms with van der Waals surface area (Å²) in [6.07, 6.45) is 0. The van der Waals surface area contributed by atoms with Gasteiger partial charge in [0.25, 0.3) is 5.89 Å². The summed E-state index contributed by atoms with van der Waals surface area (Å²) >= 11 is 1.61. The lowest BCUT2D eigenvalue weighted by atomic mass is 9.98. The van der Waals surface area contributed by atoms with Crippen molar-refractivity contribution in [2.24, 2.45) is 5.73 Å². The minimum Gasteiger partial charge on any atom is -0.332 e. The quantitative estimate of drug-likeness (QED) is 0.771. The normalized spacial score (nSPS) is 11.3. The largest absolute Gasteiger partial charge is 0.332 e. The number of benzene rings is 1. The molecule has 0 aliphatic heterocycles. The minimum absolute atomic E-state index is 0. The number of aromatic nitrogens is 3. The molecular weight excluding hydrogens is 332 g/mol. The summed E-state index contributed by atoms with van der Waals surface area (Å²) in [5.41, 5.74) is 8.32. The number of nitrogens with zero attached hydrogens (tertiary/aromatic N) is 3. The van der Waals surface area contributed by atoms with E-state index in [1.54, 1.807) is 11.3 Å². The standard InChI is InChI=1S/C16H18N4OS.ClH/c1-16(2,3)15-18-12(9-22-15)14-19-13(20-21-14)11-6-4-10(8-17)5-7-11;/h4-7,9H,8,17H2,1-3H3;1H. The summed E-state index contributed by atoms with van der Waals surface area (Å²) in [6, 6.07) is 7.81. The van der Waals surface area contributed by atoms with E-state index < -0.39 is 0 Å². The molecule has 0 saturated heterocycles. The van der Waals surface area contributed by atoms with Crippen LogP contribution >= 0.6 is 23.7 Å². The molecule has 0 amide bonds. The van der Waals surface area contributed by atoms with Crippen molar-refractivity contribution in [3.63, 3.8) is 0 Å². The highest BCUT2D eigenvalue weighted by Crippen LogP contribution is 2.30. The Morgan fingerprint density at radius 2 is 1.83 bits per heavy atom. The zero-order valence-corrected chi connectivity index (χ0v) is 14.9. The number of nitrogens with two attached hydrogens (primary N) is 1. The average molecular weight is 351 g/mol. The van der Waals surface area contributed by atoms with Crippen LogP contribution in [-0.2, 0) is 12.0 Å². The third kappa shape index (κ3) is 3.77. The van der Waals surface area contributed by atoms with Gasteiger partial charge in [-0.3, -0.25) is 0 Å². The molecular formula is C16H19ClN4OS. The lowest BCUT2D eigenvalue weighted by Gasteiger charge is -2.13. The second-order valence-electron chi connectivity index (χ2n) is 6.11. The number of hydrogen-bond donors (Lipinski definition) is 1. The SMILES string of the molecule is CC(C)(C)c1nc(-c2nc(-c3ccc(CN)cc3)no2)cs1.Cl. The Hall–Kier alpha value is -1.76. The van der Waals surface area contributed by atoms with Gasteiger partial charge in [0, 0.05) is 22.9 Å². The fourth-order valence-corrected chi connectivity index (χ4v) is 2.83. The van der Waals surface area contributed by atoms with Crippen molar-refractivity contribution in [1.29, 1.82) is 0 Å². The molecule has 23 heavy (non-hydrogen) atoms. The number of halogens is 1. The van der Waals surface area contributed by atoms with E-state index >= 15 is 0 Å². The third-order valence-electron chi connectivity index (χ3n) is 3.24. The van der Waals surface area contributed by atoms with Gasteiger partial charge in [0.2, 0.25) is 5.82 Å². The summed E-state index contributed by atoms with van der Waals surface area (Å²) in [6.45, 7) is 6.92. The molecule has 5 nitrogen and oxygen atoms in total. The van der Waals surface area contributed by atoms with Gasteiger partial charge in [-0.05, 0) is 5.56 Å². The predicted molar refractivity (Wildman–Crippen MR) is 94.7 cm³/mol. The number of thiazole rings is 1. The molecule has 0 radical (unpaired) electrons. The Bertz CT molecular complexity index is 774. The van der Waals surface area contributed by atoms with Crippen molar-refractivity contribution in [3.8, 4) is 23.0 Å². The maximum Gasteiger partial charge on any atom is 0.277 e. The van der Waals surface area contributed by atoms with Crippen molar-refractivity contribution >= 4 is 23.7 Å². The van der Waals surface area contributed by atoms with Crippen LogP contribution in [0.25, 0.3) is 23.0 Å². The highest BCUT2D eigenvalue weighted by Gasteiger charge is 2.20. The van der Waals surface area contributed by atoms with E-state index in [1.807, 2.05) is 29.6 Å². The van der Waals surface area contributed by atoms with E-state index in [0.717, 1.165) is 21.8 Å². The van der Waals surface area contributed by atoms with Gasteiger partial charge >= 0.3 is 0 Å². The monoisotopic (exact) mass is 350 g/mol. The molecule has 2 N–H and O–H groups in total. The van der Waals surface area contributed by atoms with Crippen molar-refractivity contribution < 1.29 is 4.52 Å². The Balaban J connectivity index is 0.00000192. The van der Waals surface area contributed by atoms with E-state index in [-0.39, 0.29) is 17.8 Å².